The van der Waals surface area contributed by atoms with Crippen molar-refractivity contribution >= 4 is 17.6 Å². The number of halogens is 1. The molecular formula is C20H28ClN3O. The zero-order valence-corrected chi connectivity index (χ0v) is 15.9. The van der Waals surface area contributed by atoms with E-state index in [1.54, 1.807) is 0 Å². The number of carbonyl (C=O) groups excluding carboxylic acids is 1. The van der Waals surface area contributed by atoms with Gasteiger partial charge in [-0.1, -0.05) is 44.0 Å². The van der Waals surface area contributed by atoms with E-state index in [-0.39, 0.29) is 6.03 Å². The van der Waals surface area contributed by atoms with Crippen molar-refractivity contribution in [3.8, 4) is 0 Å². The minimum atomic E-state index is 0.0193. The molecule has 0 aliphatic rings. The molecule has 0 atom stereocenters. The zero-order valence-electron chi connectivity index (χ0n) is 15.2. The minimum Gasteiger partial charge on any atom is -0.345 e. The van der Waals surface area contributed by atoms with Crippen LogP contribution in [0.25, 0.3) is 0 Å². The maximum Gasteiger partial charge on any atom is 0.317 e. The summed E-state index contributed by atoms with van der Waals surface area (Å²) in [5, 5.41) is 3.76. The molecule has 136 valence electrons. The van der Waals surface area contributed by atoms with Crippen molar-refractivity contribution < 1.29 is 4.79 Å². The van der Waals surface area contributed by atoms with E-state index >= 15 is 0 Å². The summed E-state index contributed by atoms with van der Waals surface area (Å²) < 4.78 is 2.17. The molecule has 1 aromatic heterocycles. The molecule has 0 saturated carbocycles. The van der Waals surface area contributed by atoms with Crippen molar-refractivity contribution in [3.05, 3.63) is 58.9 Å². The van der Waals surface area contributed by atoms with Gasteiger partial charge in [0.2, 0.25) is 0 Å². The van der Waals surface area contributed by atoms with Crippen LogP contribution in [0.15, 0.2) is 42.6 Å². The summed E-state index contributed by atoms with van der Waals surface area (Å²) in [5.74, 6) is 0. The number of urea groups is 1. The lowest BCUT2D eigenvalue weighted by molar-refractivity contribution is 0.193. The fourth-order valence-corrected chi connectivity index (χ4v) is 2.99. The van der Waals surface area contributed by atoms with E-state index in [1.807, 2.05) is 29.2 Å². The smallest absolute Gasteiger partial charge is 0.317 e. The third-order valence-corrected chi connectivity index (χ3v) is 4.34. The molecule has 0 bridgehead atoms. The average Bonchev–Trinajstić information content (AvgIpc) is 3.01. The largest absolute Gasteiger partial charge is 0.345 e. The van der Waals surface area contributed by atoms with Gasteiger partial charge in [-0.15, -0.1) is 0 Å². The van der Waals surface area contributed by atoms with E-state index < -0.39 is 0 Å². The van der Waals surface area contributed by atoms with Crippen LogP contribution >= 0.6 is 11.6 Å². The monoisotopic (exact) mass is 361 g/mol. The van der Waals surface area contributed by atoms with Crippen molar-refractivity contribution in [1.29, 1.82) is 0 Å². The predicted molar refractivity (Wildman–Crippen MR) is 104 cm³/mol. The molecule has 0 radical (unpaired) electrons. The van der Waals surface area contributed by atoms with Gasteiger partial charge in [0.1, 0.15) is 0 Å². The molecule has 1 aromatic carbocycles. The fourth-order valence-electron chi connectivity index (χ4n) is 2.78. The molecule has 2 aromatic rings. The molecule has 0 saturated heterocycles. The Hall–Kier alpha value is -1.94. The second-order valence-electron chi connectivity index (χ2n) is 6.26. The molecule has 0 unspecified atom stereocenters. The number of rotatable bonds is 9. The third-order valence-electron chi connectivity index (χ3n) is 4.11. The van der Waals surface area contributed by atoms with E-state index in [1.165, 1.54) is 0 Å². The molecule has 2 rings (SSSR count). The van der Waals surface area contributed by atoms with Crippen LogP contribution in [-0.2, 0) is 13.1 Å². The number of unbranched alkanes of at least 4 members (excludes halogenated alkanes) is 1. The lowest BCUT2D eigenvalue weighted by Gasteiger charge is -2.23. The summed E-state index contributed by atoms with van der Waals surface area (Å²) in [6.45, 7) is 7.06. The van der Waals surface area contributed by atoms with Crippen LogP contribution in [0.5, 0.6) is 0 Å². The summed E-state index contributed by atoms with van der Waals surface area (Å²) in [4.78, 5) is 14.3. The molecule has 4 nitrogen and oxygen atoms in total. The third kappa shape index (κ3) is 6.13. The summed E-state index contributed by atoms with van der Waals surface area (Å²) in [6.07, 6.45) is 5.08. The summed E-state index contributed by atoms with van der Waals surface area (Å²) in [5.41, 5.74) is 2.28. The van der Waals surface area contributed by atoms with E-state index in [0.29, 0.717) is 6.54 Å². The van der Waals surface area contributed by atoms with Gasteiger partial charge in [0, 0.05) is 36.5 Å². The summed E-state index contributed by atoms with van der Waals surface area (Å²) in [7, 11) is 0. The molecule has 0 spiro atoms. The second kappa shape index (κ2) is 10.1. The number of amides is 2. The minimum absolute atomic E-state index is 0.0193. The Morgan fingerprint density at radius 3 is 2.76 bits per heavy atom. The first kappa shape index (κ1) is 19.4. The molecule has 2 amide bonds. The van der Waals surface area contributed by atoms with Gasteiger partial charge in [-0.25, -0.2) is 4.79 Å². The van der Waals surface area contributed by atoms with Crippen molar-refractivity contribution in [2.45, 2.75) is 46.2 Å². The fraction of sp³-hybridized carbons (Fsp3) is 0.450. The molecular weight excluding hydrogens is 334 g/mol. The van der Waals surface area contributed by atoms with Crippen molar-refractivity contribution in [3.63, 3.8) is 0 Å². The molecule has 1 N–H and O–H groups in total. The molecule has 0 fully saturated rings. The van der Waals surface area contributed by atoms with Crippen LogP contribution in [0.3, 0.4) is 0 Å². The Labute approximate surface area is 155 Å². The maximum absolute atomic E-state index is 12.4. The Balaban J connectivity index is 2.04. The topological polar surface area (TPSA) is 37.3 Å². The summed E-state index contributed by atoms with van der Waals surface area (Å²) >= 11 is 6.08. The first-order valence-corrected chi connectivity index (χ1v) is 9.43. The molecule has 25 heavy (non-hydrogen) atoms. The average molecular weight is 362 g/mol. The van der Waals surface area contributed by atoms with Gasteiger partial charge in [0.05, 0.1) is 6.54 Å². The highest BCUT2D eigenvalue weighted by atomic mass is 35.5. The highest BCUT2D eigenvalue weighted by Gasteiger charge is 2.14. The quantitative estimate of drug-likeness (QED) is 0.633. The van der Waals surface area contributed by atoms with Crippen LogP contribution in [0.4, 0.5) is 4.79 Å². The molecule has 1 heterocycles. The van der Waals surface area contributed by atoms with Gasteiger partial charge in [0.15, 0.2) is 0 Å². The van der Waals surface area contributed by atoms with Crippen LogP contribution in [0.2, 0.25) is 5.02 Å². The predicted octanol–water partition coefficient (Wildman–Crippen LogP) is 4.91. The van der Waals surface area contributed by atoms with Crippen molar-refractivity contribution in [2.75, 3.05) is 13.1 Å². The van der Waals surface area contributed by atoms with E-state index in [2.05, 4.69) is 42.1 Å². The number of hydrogen-bond acceptors (Lipinski definition) is 1. The molecule has 5 heteroatoms. The Bertz CT molecular complexity index is 668. The highest BCUT2D eigenvalue weighted by Crippen LogP contribution is 2.15. The normalized spacial score (nSPS) is 10.7. The van der Waals surface area contributed by atoms with Crippen molar-refractivity contribution in [2.24, 2.45) is 0 Å². The first-order chi connectivity index (χ1) is 12.1. The molecule has 0 aliphatic heterocycles. The highest BCUT2D eigenvalue weighted by molar-refractivity contribution is 6.30. The number of nitrogens with zero attached hydrogens (tertiary/aromatic N) is 2. The number of carbonyl (C=O) groups is 1. The first-order valence-electron chi connectivity index (χ1n) is 9.05. The van der Waals surface area contributed by atoms with Crippen LogP contribution < -0.4 is 5.32 Å². The van der Waals surface area contributed by atoms with E-state index in [0.717, 1.165) is 55.2 Å². The van der Waals surface area contributed by atoms with Crippen LogP contribution in [0.1, 0.15) is 44.4 Å². The Kier molecular flexibility index (Phi) is 7.86. The Morgan fingerprint density at radius 1 is 1.20 bits per heavy atom. The number of aromatic nitrogens is 1. The van der Waals surface area contributed by atoms with Gasteiger partial charge in [0.25, 0.3) is 0 Å². The molecule has 0 aliphatic carbocycles. The summed E-state index contributed by atoms with van der Waals surface area (Å²) in [6, 6.07) is 12.0. The van der Waals surface area contributed by atoms with Gasteiger partial charge < -0.3 is 14.8 Å². The Morgan fingerprint density at radius 2 is 2.04 bits per heavy atom. The van der Waals surface area contributed by atoms with Gasteiger partial charge in [-0.3, -0.25) is 0 Å². The van der Waals surface area contributed by atoms with Gasteiger partial charge in [-0.05, 0) is 42.7 Å². The SMILES string of the molecule is CCCCNC(=O)N(CCC)Cc1cccn1Cc1cccc(Cl)c1. The van der Waals surface area contributed by atoms with Crippen LogP contribution in [0, 0.1) is 0 Å². The van der Waals surface area contributed by atoms with E-state index in [9.17, 15) is 4.79 Å². The van der Waals surface area contributed by atoms with Gasteiger partial charge >= 0.3 is 6.03 Å². The lowest BCUT2D eigenvalue weighted by atomic mass is 10.2. The maximum atomic E-state index is 12.4. The second-order valence-corrected chi connectivity index (χ2v) is 6.70. The van der Waals surface area contributed by atoms with Gasteiger partial charge in [-0.2, -0.15) is 0 Å². The lowest BCUT2D eigenvalue weighted by Crippen LogP contribution is -2.40. The van der Waals surface area contributed by atoms with Crippen molar-refractivity contribution in [1.82, 2.24) is 14.8 Å². The standard InChI is InChI=1S/C20H28ClN3O/c1-3-5-11-22-20(25)24(12-4-2)16-19-10-7-13-23(19)15-17-8-6-9-18(21)14-17/h6-10,13-14H,3-5,11-12,15-16H2,1-2H3,(H,22,25). The number of hydrogen-bond donors (Lipinski definition) is 1. The van der Waals surface area contributed by atoms with Crippen LogP contribution in [-0.4, -0.2) is 28.6 Å². The zero-order chi connectivity index (χ0) is 18.1. The van der Waals surface area contributed by atoms with E-state index in [4.69, 9.17) is 11.6 Å². The number of benzene rings is 1. The number of nitrogens with one attached hydrogen (secondary N) is 1.